The molecular formula is C11H16N4O3. The highest BCUT2D eigenvalue weighted by Crippen LogP contribution is 2.17. The van der Waals surface area contributed by atoms with Gasteiger partial charge < -0.3 is 15.3 Å². The van der Waals surface area contributed by atoms with Gasteiger partial charge >= 0.3 is 12.0 Å². The number of carbonyl (C=O) groups is 2. The Bertz CT molecular complexity index is 457. The van der Waals surface area contributed by atoms with Crippen molar-refractivity contribution >= 4 is 12.0 Å². The second-order valence-electron chi connectivity index (χ2n) is 4.37. The zero-order valence-electron chi connectivity index (χ0n) is 10.1. The first-order chi connectivity index (χ1) is 8.59. The zero-order valence-corrected chi connectivity index (χ0v) is 10.1. The van der Waals surface area contributed by atoms with Gasteiger partial charge in [-0.3, -0.25) is 5.10 Å². The number of amides is 2. The van der Waals surface area contributed by atoms with Crippen LogP contribution in [0.25, 0.3) is 0 Å². The van der Waals surface area contributed by atoms with Crippen LogP contribution in [0.5, 0.6) is 0 Å². The summed E-state index contributed by atoms with van der Waals surface area (Å²) in [5.74, 6) is -0.942. The highest BCUT2D eigenvalue weighted by molar-refractivity contribution is 5.83. The average molecular weight is 252 g/mol. The van der Waals surface area contributed by atoms with Crippen molar-refractivity contribution in [2.24, 2.45) is 0 Å². The van der Waals surface area contributed by atoms with E-state index in [1.54, 1.807) is 6.20 Å². The lowest BCUT2D eigenvalue weighted by atomic mass is 10.2. The molecule has 2 rings (SSSR count). The molecule has 1 fully saturated rings. The van der Waals surface area contributed by atoms with Crippen LogP contribution in [0.3, 0.4) is 0 Å². The molecule has 1 atom stereocenters. The van der Waals surface area contributed by atoms with Gasteiger partial charge in [-0.25, -0.2) is 9.59 Å². The predicted octanol–water partition coefficient (Wildman–Crippen LogP) is 0.477. The highest BCUT2D eigenvalue weighted by atomic mass is 16.4. The Morgan fingerprint density at radius 3 is 3.06 bits per heavy atom. The minimum absolute atomic E-state index is 0.333. The Balaban J connectivity index is 1.92. The Morgan fingerprint density at radius 2 is 2.44 bits per heavy atom. The number of aryl methyl sites for hydroxylation is 1. The number of aromatic nitrogens is 2. The number of urea groups is 1. The van der Waals surface area contributed by atoms with Crippen LogP contribution in [0.4, 0.5) is 4.79 Å². The molecular weight excluding hydrogens is 236 g/mol. The molecule has 1 aliphatic heterocycles. The lowest BCUT2D eigenvalue weighted by Gasteiger charge is -2.21. The van der Waals surface area contributed by atoms with Crippen molar-refractivity contribution in [3.63, 3.8) is 0 Å². The molecule has 0 saturated carbocycles. The summed E-state index contributed by atoms with van der Waals surface area (Å²) >= 11 is 0. The number of likely N-dealkylation sites (tertiary alicyclic amines) is 1. The summed E-state index contributed by atoms with van der Waals surface area (Å²) in [6, 6.07) is -1.03. The molecule has 0 aliphatic carbocycles. The van der Waals surface area contributed by atoms with Crippen LogP contribution < -0.4 is 5.32 Å². The second-order valence-corrected chi connectivity index (χ2v) is 4.37. The molecule has 1 aromatic heterocycles. The molecule has 7 nitrogen and oxygen atoms in total. The average Bonchev–Trinajstić information content (AvgIpc) is 2.94. The van der Waals surface area contributed by atoms with Gasteiger partial charge in [-0.15, -0.1) is 0 Å². The molecule has 3 N–H and O–H groups in total. The van der Waals surface area contributed by atoms with Crippen LogP contribution in [0, 0.1) is 6.92 Å². The number of hydrogen-bond donors (Lipinski definition) is 3. The molecule has 0 spiro atoms. The summed E-state index contributed by atoms with van der Waals surface area (Å²) < 4.78 is 0. The van der Waals surface area contributed by atoms with Crippen molar-refractivity contribution in [1.82, 2.24) is 20.4 Å². The number of aromatic amines is 1. The van der Waals surface area contributed by atoms with Gasteiger partial charge in [-0.2, -0.15) is 5.10 Å². The summed E-state index contributed by atoms with van der Waals surface area (Å²) in [7, 11) is 0. The van der Waals surface area contributed by atoms with E-state index in [0.717, 1.165) is 17.7 Å². The van der Waals surface area contributed by atoms with E-state index in [-0.39, 0.29) is 6.03 Å². The van der Waals surface area contributed by atoms with Crippen molar-refractivity contribution < 1.29 is 14.7 Å². The lowest BCUT2D eigenvalue weighted by Crippen LogP contribution is -2.45. The topological polar surface area (TPSA) is 98.3 Å². The monoisotopic (exact) mass is 252 g/mol. The molecule has 1 aliphatic rings. The summed E-state index contributed by atoms with van der Waals surface area (Å²) in [4.78, 5) is 24.2. The summed E-state index contributed by atoms with van der Waals surface area (Å²) in [6.07, 6.45) is 2.90. The summed E-state index contributed by atoms with van der Waals surface area (Å²) in [5, 5.41) is 18.3. The van der Waals surface area contributed by atoms with Crippen LogP contribution in [-0.2, 0) is 11.3 Å². The van der Waals surface area contributed by atoms with Gasteiger partial charge in [0.25, 0.3) is 0 Å². The van der Waals surface area contributed by atoms with Gasteiger partial charge in [0.1, 0.15) is 6.04 Å². The Labute approximate surface area is 104 Å². The van der Waals surface area contributed by atoms with Gasteiger partial charge in [0.2, 0.25) is 0 Å². The van der Waals surface area contributed by atoms with E-state index in [9.17, 15) is 9.59 Å². The maximum Gasteiger partial charge on any atom is 0.326 e. The second kappa shape index (κ2) is 5.07. The predicted molar refractivity (Wildman–Crippen MR) is 62.9 cm³/mol. The molecule has 1 unspecified atom stereocenters. The number of carboxylic acid groups (broad SMARTS) is 1. The van der Waals surface area contributed by atoms with Crippen LogP contribution in [0.15, 0.2) is 6.20 Å². The van der Waals surface area contributed by atoms with Gasteiger partial charge in [0, 0.05) is 24.3 Å². The van der Waals surface area contributed by atoms with E-state index in [0.29, 0.717) is 19.5 Å². The van der Waals surface area contributed by atoms with Gasteiger partial charge in [-0.05, 0) is 19.8 Å². The number of H-pyrrole nitrogens is 1. The van der Waals surface area contributed by atoms with Crippen LogP contribution in [-0.4, -0.2) is 44.8 Å². The normalized spacial score (nSPS) is 18.9. The quantitative estimate of drug-likeness (QED) is 0.728. The standard InChI is InChI=1S/C11H16N4O3/c1-7-8(6-13-14-7)5-12-11(18)15-4-2-3-9(15)10(16)17/h6,9H,2-5H2,1H3,(H,12,18)(H,13,14)(H,16,17). The molecule has 0 bridgehead atoms. The fraction of sp³-hybridized carbons (Fsp3) is 0.545. The van der Waals surface area contributed by atoms with Crippen LogP contribution in [0.2, 0.25) is 0 Å². The van der Waals surface area contributed by atoms with E-state index in [1.165, 1.54) is 4.90 Å². The number of carbonyl (C=O) groups excluding carboxylic acids is 1. The van der Waals surface area contributed by atoms with E-state index in [1.807, 2.05) is 6.92 Å². The lowest BCUT2D eigenvalue weighted by molar-refractivity contribution is -0.141. The van der Waals surface area contributed by atoms with E-state index in [4.69, 9.17) is 5.11 Å². The molecule has 1 saturated heterocycles. The van der Waals surface area contributed by atoms with Gasteiger partial charge in [0.05, 0.1) is 6.20 Å². The molecule has 1 aromatic rings. The van der Waals surface area contributed by atoms with Crippen molar-refractivity contribution in [1.29, 1.82) is 0 Å². The first-order valence-electron chi connectivity index (χ1n) is 5.85. The number of nitrogens with one attached hydrogen (secondary N) is 2. The number of hydrogen-bond acceptors (Lipinski definition) is 3. The number of aliphatic carboxylic acids is 1. The molecule has 2 heterocycles. The maximum absolute atomic E-state index is 11.9. The van der Waals surface area contributed by atoms with Crippen molar-refractivity contribution in [2.75, 3.05) is 6.54 Å². The van der Waals surface area contributed by atoms with E-state index >= 15 is 0 Å². The van der Waals surface area contributed by atoms with Crippen LogP contribution >= 0.6 is 0 Å². The number of carboxylic acids is 1. The zero-order chi connectivity index (χ0) is 13.1. The van der Waals surface area contributed by atoms with Crippen molar-refractivity contribution in [3.8, 4) is 0 Å². The highest BCUT2D eigenvalue weighted by Gasteiger charge is 2.33. The van der Waals surface area contributed by atoms with Crippen molar-refractivity contribution in [2.45, 2.75) is 32.4 Å². The first-order valence-corrected chi connectivity index (χ1v) is 5.85. The molecule has 7 heteroatoms. The van der Waals surface area contributed by atoms with E-state index in [2.05, 4.69) is 15.5 Å². The maximum atomic E-state index is 11.9. The fourth-order valence-corrected chi connectivity index (χ4v) is 2.09. The van der Waals surface area contributed by atoms with Crippen molar-refractivity contribution in [3.05, 3.63) is 17.5 Å². The third-order valence-corrected chi connectivity index (χ3v) is 3.16. The summed E-state index contributed by atoms with van der Waals surface area (Å²) in [6.45, 7) is 2.71. The summed E-state index contributed by atoms with van der Waals surface area (Å²) in [5.41, 5.74) is 1.79. The molecule has 0 aromatic carbocycles. The fourth-order valence-electron chi connectivity index (χ4n) is 2.09. The molecule has 18 heavy (non-hydrogen) atoms. The third kappa shape index (κ3) is 2.44. The molecule has 98 valence electrons. The SMILES string of the molecule is Cc1[nH]ncc1CNC(=O)N1CCCC1C(=O)O. The Kier molecular flexibility index (Phi) is 3.50. The minimum Gasteiger partial charge on any atom is -0.480 e. The number of rotatable bonds is 3. The smallest absolute Gasteiger partial charge is 0.326 e. The van der Waals surface area contributed by atoms with Gasteiger partial charge in [0.15, 0.2) is 0 Å². The molecule has 2 amide bonds. The van der Waals surface area contributed by atoms with Gasteiger partial charge in [-0.1, -0.05) is 0 Å². The van der Waals surface area contributed by atoms with Crippen LogP contribution in [0.1, 0.15) is 24.1 Å². The Morgan fingerprint density at radius 1 is 1.67 bits per heavy atom. The van der Waals surface area contributed by atoms with E-state index < -0.39 is 12.0 Å². The first kappa shape index (κ1) is 12.4. The number of nitrogens with zero attached hydrogens (tertiary/aromatic N) is 2. The minimum atomic E-state index is -0.942. The largest absolute Gasteiger partial charge is 0.480 e. The third-order valence-electron chi connectivity index (χ3n) is 3.16. The molecule has 0 radical (unpaired) electrons. The Hall–Kier alpha value is -2.05.